The van der Waals surface area contributed by atoms with E-state index in [4.69, 9.17) is 4.98 Å². The summed E-state index contributed by atoms with van der Waals surface area (Å²) >= 11 is 0. The fraction of sp³-hybridized carbons (Fsp3) is 0. The van der Waals surface area contributed by atoms with Crippen molar-refractivity contribution in [3.63, 3.8) is 0 Å². The van der Waals surface area contributed by atoms with Gasteiger partial charge >= 0.3 is 0 Å². The molecule has 164 valence electrons. The molecule has 7 aromatic rings. The van der Waals surface area contributed by atoms with Crippen molar-refractivity contribution in [2.75, 3.05) is 0 Å². The Labute approximate surface area is 203 Å². The molecule has 0 radical (unpaired) electrons. The summed E-state index contributed by atoms with van der Waals surface area (Å²) in [5.41, 5.74) is 6.77. The Morgan fingerprint density at radius 1 is 0.486 bits per heavy atom. The third kappa shape index (κ3) is 3.23. The van der Waals surface area contributed by atoms with Gasteiger partial charge in [-0.3, -0.25) is 4.57 Å². The molecule has 1 heterocycles. The van der Waals surface area contributed by atoms with Crippen molar-refractivity contribution < 1.29 is 0 Å². The van der Waals surface area contributed by atoms with Gasteiger partial charge in [-0.25, -0.2) is 4.98 Å². The molecule has 0 atom stereocenters. The van der Waals surface area contributed by atoms with Crippen molar-refractivity contribution in [3.05, 3.63) is 133 Å². The van der Waals surface area contributed by atoms with Gasteiger partial charge < -0.3 is 0 Å². The smallest absolute Gasteiger partial charge is 0.145 e. The van der Waals surface area contributed by atoms with Crippen LogP contribution in [0.3, 0.4) is 0 Å². The van der Waals surface area contributed by atoms with Crippen LogP contribution in [0.2, 0.25) is 0 Å². The lowest BCUT2D eigenvalue weighted by molar-refractivity contribution is 1.10. The summed E-state index contributed by atoms with van der Waals surface area (Å²) in [5, 5.41) is 5.04. The molecule has 1 aromatic heterocycles. The molecule has 0 aliphatic rings. The van der Waals surface area contributed by atoms with Crippen LogP contribution in [0.15, 0.2) is 133 Å². The summed E-state index contributed by atoms with van der Waals surface area (Å²) in [4.78, 5) is 5.02. The molecule has 0 unspecified atom stereocenters. The van der Waals surface area contributed by atoms with Crippen LogP contribution in [0.1, 0.15) is 0 Å². The molecule has 0 spiro atoms. The van der Waals surface area contributed by atoms with E-state index >= 15 is 0 Å². The largest absolute Gasteiger partial charge is 0.292 e. The molecule has 0 fully saturated rings. The predicted molar refractivity (Wildman–Crippen MR) is 147 cm³/mol. The van der Waals surface area contributed by atoms with Crippen molar-refractivity contribution in [3.8, 4) is 28.2 Å². The first kappa shape index (κ1) is 19.7. The van der Waals surface area contributed by atoms with Gasteiger partial charge in [0.1, 0.15) is 5.82 Å². The van der Waals surface area contributed by atoms with E-state index in [1.165, 1.54) is 32.7 Å². The van der Waals surface area contributed by atoms with Crippen molar-refractivity contribution in [2.45, 2.75) is 0 Å². The quantitative estimate of drug-likeness (QED) is 0.248. The Hall–Kier alpha value is -4.69. The van der Waals surface area contributed by atoms with E-state index in [9.17, 15) is 0 Å². The maximum atomic E-state index is 5.02. The summed E-state index contributed by atoms with van der Waals surface area (Å²) in [6, 6.07) is 47.3. The van der Waals surface area contributed by atoms with Gasteiger partial charge in [-0.2, -0.15) is 0 Å². The number of imidazole rings is 1. The number of hydrogen-bond acceptors (Lipinski definition) is 1. The topological polar surface area (TPSA) is 17.8 Å². The summed E-state index contributed by atoms with van der Waals surface area (Å²) in [7, 11) is 0. The summed E-state index contributed by atoms with van der Waals surface area (Å²) < 4.78 is 2.28. The maximum Gasteiger partial charge on any atom is 0.145 e. The van der Waals surface area contributed by atoms with Crippen LogP contribution < -0.4 is 0 Å². The van der Waals surface area contributed by atoms with Gasteiger partial charge in [-0.05, 0) is 63.0 Å². The highest BCUT2D eigenvalue weighted by Gasteiger charge is 2.16. The van der Waals surface area contributed by atoms with E-state index in [-0.39, 0.29) is 0 Å². The van der Waals surface area contributed by atoms with Crippen LogP contribution in [0.4, 0.5) is 0 Å². The van der Waals surface area contributed by atoms with Crippen molar-refractivity contribution in [1.29, 1.82) is 0 Å². The van der Waals surface area contributed by atoms with Gasteiger partial charge in [-0.15, -0.1) is 0 Å². The monoisotopic (exact) mass is 446 g/mol. The molecule has 0 amide bonds. The fourth-order valence-corrected chi connectivity index (χ4v) is 5.19. The maximum absolute atomic E-state index is 5.02. The number of nitrogens with zero attached hydrogens (tertiary/aromatic N) is 2. The van der Waals surface area contributed by atoms with Crippen molar-refractivity contribution in [1.82, 2.24) is 9.55 Å². The van der Waals surface area contributed by atoms with Crippen LogP contribution in [0.5, 0.6) is 0 Å². The van der Waals surface area contributed by atoms with Gasteiger partial charge in [0, 0.05) is 11.3 Å². The van der Waals surface area contributed by atoms with Crippen LogP contribution in [-0.4, -0.2) is 9.55 Å². The summed E-state index contributed by atoms with van der Waals surface area (Å²) in [5.74, 6) is 0.951. The zero-order valence-electron chi connectivity index (χ0n) is 19.1. The van der Waals surface area contributed by atoms with Crippen LogP contribution in [0, 0.1) is 0 Å². The average Bonchev–Trinajstić information content (AvgIpc) is 3.32. The molecule has 35 heavy (non-hydrogen) atoms. The first-order chi connectivity index (χ1) is 17.4. The minimum atomic E-state index is 0.951. The Kier molecular flexibility index (Phi) is 4.49. The lowest BCUT2D eigenvalue weighted by Crippen LogP contribution is -1.98. The molecule has 0 aliphatic heterocycles. The van der Waals surface area contributed by atoms with Gasteiger partial charge in [-0.1, -0.05) is 103 Å². The van der Waals surface area contributed by atoms with E-state index in [0.717, 1.165) is 28.1 Å². The van der Waals surface area contributed by atoms with Gasteiger partial charge in [0.25, 0.3) is 0 Å². The fourth-order valence-electron chi connectivity index (χ4n) is 5.19. The zero-order chi connectivity index (χ0) is 23.2. The Balaban J connectivity index is 1.53. The molecule has 6 aromatic carbocycles. The third-order valence-corrected chi connectivity index (χ3v) is 6.76. The second-order valence-corrected chi connectivity index (χ2v) is 8.87. The Morgan fingerprint density at radius 3 is 1.89 bits per heavy atom. The SMILES string of the molecule is c1ccc(-c2nc3ccccc3n2-c2cccc(-c3c4ccccc4cc4ccccc34)c2)cc1. The van der Waals surface area contributed by atoms with Crippen LogP contribution in [-0.2, 0) is 0 Å². The lowest BCUT2D eigenvalue weighted by atomic mass is 9.92. The number of fused-ring (bicyclic) bond motifs is 3. The molecule has 2 nitrogen and oxygen atoms in total. The summed E-state index contributed by atoms with van der Waals surface area (Å²) in [6.07, 6.45) is 0. The molecule has 0 N–H and O–H groups in total. The number of aromatic nitrogens is 2. The van der Waals surface area contributed by atoms with Crippen LogP contribution in [0.25, 0.3) is 60.8 Å². The molecule has 7 rings (SSSR count). The van der Waals surface area contributed by atoms with Gasteiger partial charge in [0.15, 0.2) is 0 Å². The Morgan fingerprint density at radius 2 is 1.11 bits per heavy atom. The van der Waals surface area contributed by atoms with E-state index in [1.54, 1.807) is 0 Å². The molecule has 0 aliphatic carbocycles. The third-order valence-electron chi connectivity index (χ3n) is 6.76. The highest BCUT2D eigenvalue weighted by molar-refractivity contribution is 6.12. The van der Waals surface area contributed by atoms with Gasteiger partial charge in [0.2, 0.25) is 0 Å². The second kappa shape index (κ2) is 7.96. The number of rotatable bonds is 3. The highest BCUT2D eigenvalue weighted by Crippen LogP contribution is 2.38. The lowest BCUT2D eigenvalue weighted by Gasteiger charge is -2.15. The normalized spacial score (nSPS) is 11.4. The first-order valence-electron chi connectivity index (χ1n) is 11.9. The van der Waals surface area contributed by atoms with E-state index in [0.29, 0.717) is 0 Å². The van der Waals surface area contributed by atoms with Gasteiger partial charge in [0.05, 0.1) is 11.0 Å². The average molecular weight is 447 g/mol. The van der Waals surface area contributed by atoms with E-state index in [1.807, 2.05) is 12.1 Å². The van der Waals surface area contributed by atoms with Crippen molar-refractivity contribution in [2.24, 2.45) is 0 Å². The zero-order valence-corrected chi connectivity index (χ0v) is 19.1. The minimum absolute atomic E-state index is 0.951. The molecular formula is C33H22N2. The molecule has 0 bridgehead atoms. The van der Waals surface area contributed by atoms with E-state index in [2.05, 4.69) is 126 Å². The standard InChI is InChI=1S/C33H22N2/c1-2-11-23(12-3-1)33-34-30-19-8-9-20-31(30)35(33)27-16-10-15-26(22-27)32-28-17-6-4-13-24(28)21-25-14-5-7-18-29(25)32/h1-22H. The van der Waals surface area contributed by atoms with E-state index < -0.39 is 0 Å². The number of hydrogen-bond donors (Lipinski definition) is 0. The molecule has 2 heteroatoms. The number of benzene rings is 6. The van der Waals surface area contributed by atoms with Crippen molar-refractivity contribution >= 4 is 32.6 Å². The minimum Gasteiger partial charge on any atom is -0.292 e. The molecule has 0 saturated heterocycles. The predicted octanol–water partition coefficient (Wildman–Crippen LogP) is 8.67. The van der Waals surface area contributed by atoms with Crippen LogP contribution >= 0.6 is 0 Å². The Bertz CT molecular complexity index is 1790. The molecular weight excluding hydrogens is 424 g/mol. The number of para-hydroxylation sites is 2. The summed E-state index contributed by atoms with van der Waals surface area (Å²) in [6.45, 7) is 0. The molecule has 0 saturated carbocycles. The highest BCUT2D eigenvalue weighted by atomic mass is 15.1. The first-order valence-corrected chi connectivity index (χ1v) is 11.9. The second-order valence-electron chi connectivity index (χ2n) is 8.87.